The minimum absolute atomic E-state index is 0.602. The summed E-state index contributed by atoms with van der Waals surface area (Å²) in [5, 5.41) is 11.6. The molecule has 0 aliphatic rings. The fourth-order valence-electron chi connectivity index (χ4n) is 2.71. The smallest absolute Gasteiger partial charge is 0.155 e. The van der Waals surface area contributed by atoms with Gasteiger partial charge in [0.25, 0.3) is 0 Å². The Hall–Kier alpha value is -2.57. The molecule has 142 valence electrons. The van der Waals surface area contributed by atoms with E-state index in [9.17, 15) is 0 Å². The van der Waals surface area contributed by atoms with Gasteiger partial charge in [-0.05, 0) is 37.1 Å². The predicted molar refractivity (Wildman–Crippen MR) is 107 cm³/mol. The van der Waals surface area contributed by atoms with Gasteiger partial charge in [0.2, 0.25) is 0 Å². The molecule has 0 saturated carbocycles. The highest BCUT2D eigenvalue weighted by Crippen LogP contribution is 2.28. The summed E-state index contributed by atoms with van der Waals surface area (Å²) in [6.07, 6.45) is 10.5. The Bertz CT molecular complexity index is 727. The molecule has 0 fully saturated rings. The molecule has 0 aliphatic carbocycles. The maximum Gasteiger partial charge on any atom is 0.155 e. The molecule has 0 spiro atoms. The monoisotopic (exact) mass is 357 g/mol. The van der Waals surface area contributed by atoms with Crippen LogP contribution in [0.5, 0.6) is 0 Å². The summed E-state index contributed by atoms with van der Waals surface area (Å²) in [6.45, 7) is 15.2. The van der Waals surface area contributed by atoms with Gasteiger partial charge in [-0.1, -0.05) is 33.3 Å². The molecule has 2 heterocycles. The molecule has 0 N–H and O–H groups in total. The number of aryl methyl sites for hydroxylation is 1. The molecule has 0 unspecified atom stereocenters. The van der Waals surface area contributed by atoms with E-state index in [0.717, 1.165) is 11.3 Å². The Balaban J connectivity index is 0.000000321. The number of fused-ring (bicyclic) bond motifs is 1. The fourth-order valence-corrected chi connectivity index (χ4v) is 2.71. The van der Waals surface area contributed by atoms with E-state index in [2.05, 4.69) is 59.0 Å². The molecule has 0 aliphatic heterocycles. The molecule has 0 saturated heterocycles. The second-order valence-corrected chi connectivity index (χ2v) is 6.24. The van der Waals surface area contributed by atoms with E-state index in [1.165, 1.54) is 42.1 Å². The Morgan fingerprint density at radius 2 is 1.96 bits per heavy atom. The second kappa shape index (κ2) is 11.1. The maximum absolute atomic E-state index is 4.75. The molecular formula is C19H31N7. The quantitative estimate of drug-likeness (QED) is 0.372. The first kappa shape index (κ1) is 21.5. The number of hydrogen-bond acceptors (Lipinski definition) is 4. The van der Waals surface area contributed by atoms with Gasteiger partial charge in [-0.3, -0.25) is 9.99 Å². The molecule has 0 amide bonds. The highest BCUT2D eigenvalue weighted by molar-refractivity contribution is 5.41. The first-order valence-corrected chi connectivity index (χ1v) is 9.00. The van der Waals surface area contributed by atoms with Crippen molar-refractivity contribution < 1.29 is 0 Å². The van der Waals surface area contributed by atoms with E-state index in [1.807, 2.05) is 25.5 Å². The van der Waals surface area contributed by atoms with E-state index < -0.39 is 0 Å². The number of imidazole rings is 1. The SMILES string of the molecule is C=N/N=N\N(C)C(=C)C.CCCC(CCC)c1nc2cnccn2c1C. The summed E-state index contributed by atoms with van der Waals surface area (Å²) in [5.41, 5.74) is 4.32. The van der Waals surface area contributed by atoms with Crippen LogP contribution in [0.1, 0.15) is 63.8 Å². The van der Waals surface area contributed by atoms with E-state index >= 15 is 0 Å². The number of allylic oxidation sites excluding steroid dienone is 1. The van der Waals surface area contributed by atoms with Crippen molar-refractivity contribution in [1.29, 1.82) is 0 Å². The largest absolute Gasteiger partial charge is 0.301 e. The number of rotatable bonds is 8. The maximum atomic E-state index is 4.75. The average Bonchev–Trinajstić information content (AvgIpc) is 2.97. The average molecular weight is 358 g/mol. The van der Waals surface area contributed by atoms with Crippen molar-refractivity contribution in [3.05, 3.63) is 42.3 Å². The van der Waals surface area contributed by atoms with E-state index in [4.69, 9.17) is 4.98 Å². The molecule has 2 rings (SSSR count). The normalized spacial score (nSPS) is 10.8. The van der Waals surface area contributed by atoms with Gasteiger partial charge in [0.1, 0.15) is 0 Å². The van der Waals surface area contributed by atoms with Crippen LogP contribution < -0.4 is 0 Å². The lowest BCUT2D eigenvalue weighted by Gasteiger charge is -2.13. The lowest BCUT2D eigenvalue weighted by atomic mass is 9.94. The summed E-state index contributed by atoms with van der Waals surface area (Å²) in [4.78, 5) is 8.89. The molecule has 2 aromatic rings. The van der Waals surface area contributed by atoms with E-state index in [1.54, 1.807) is 7.05 Å². The van der Waals surface area contributed by atoms with Crippen LogP contribution in [0.25, 0.3) is 5.65 Å². The Kier molecular flexibility index (Phi) is 9.19. The molecular weight excluding hydrogens is 326 g/mol. The summed E-state index contributed by atoms with van der Waals surface area (Å²) < 4.78 is 2.14. The molecule has 0 atom stereocenters. The van der Waals surface area contributed by atoms with Crippen molar-refractivity contribution in [1.82, 2.24) is 19.4 Å². The predicted octanol–water partition coefficient (Wildman–Crippen LogP) is 5.16. The van der Waals surface area contributed by atoms with Crippen LogP contribution in [0.2, 0.25) is 0 Å². The van der Waals surface area contributed by atoms with Crippen molar-refractivity contribution in [3.8, 4) is 0 Å². The Morgan fingerprint density at radius 1 is 1.31 bits per heavy atom. The van der Waals surface area contributed by atoms with Crippen molar-refractivity contribution in [2.24, 2.45) is 15.5 Å². The zero-order valence-electron chi connectivity index (χ0n) is 16.7. The fraction of sp³-hybridized carbons (Fsp3) is 0.526. The van der Waals surface area contributed by atoms with Crippen LogP contribution in [-0.2, 0) is 0 Å². The summed E-state index contributed by atoms with van der Waals surface area (Å²) in [6, 6.07) is 0. The van der Waals surface area contributed by atoms with Crippen molar-refractivity contribution in [3.63, 3.8) is 0 Å². The van der Waals surface area contributed by atoms with Crippen LogP contribution in [-0.4, -0.2) is 33.1 Å². The summed E-state index contributed by atoms with van der Waals surface area (Å²) in [5.74, 6) is 0.602. The Labute approximate surface area is 156 Å². The Morgan fingerprint density at radius 3 is 2.46 bits per heavy atom. The molecule has 26 heavy (non-hydrogen) atoms. The van der Waals surface area contributed by atoms with Crippen LogP contribution in [0.4, 0.5) is 0 Å². The lowest BCUT2D eigenvalue weighted by molar-refractivity contribution is 0.412. The zero-order valence-corrected chi connectivity index (χ0v) is 16.7. The number of hydrogen-bond donors (Lipinski definition) is 0. The van der Waals surface area contributed by atoms with Crippen molar-refractivity contribution in [2.45, 2.75) is 59.3 Å². The van der Waals surface area contributed by atoms with Gasteiger partial charge in [0.15, 0.2) is 5.65 Å². The molecule has 0 aromatic carbocycles. The highest BCUT2D eigenvalue weighted by Gasteiger charge is 2.17. The van der Waals surface area contributed by atoms with E-state index in [0.29, 0.717) is 5.92 Å². The minimum atomic E-state index is 0.602. The van der Waals surface area contributed by atoms with Gasteiger partial charge >= 0.3 is 0 Å². The molecule has 0 bridgehead atoms. The summed E-state index contributed by atoms with van der Waals surface area (Å²) in [7, 11) is 1.73. The minimum Gasteiger partial charge on any atom is -0.301 e. The lowest BCUT2D eigenvalue weighted by Crippen LogP contribution is -2.04. The molecule has 7 heteroatoms. The molecule has 0 radical (unpaired) electrons. The zero-order chi connectivity index (χ0) is 19.5. The molecule has 7 nitrogen and oxygen atoms in total. The van der Waals surface area contributed by atoms with Gasteiger partial charge in [-0.15, -0.1) is 5.10 Å². The van der Waals surface area contributed by atoms with Crippen LogP contribution in [0, 0.1) is 6.92 Å². The second-order valence-electron chi connectivity index (χ2n) is 6.24. The number of aromatic nitrogens is 3. The van der Waals surface area contributed by atoms with Crippen molar-refractivity contribution in [2.75, 3.05) is 7.05 Å². The van der Waals surface area contributed by atoms with Gasteiger partial charge in [0.05, 0.1) is 11.9 Å². The first-order valence-electron chi connectivity index (χ1n) is 9.00. The first-order chi connectivity index (χ1) is 12.5. The van der Waals surface area contributed by atoms with Crippen LogP contribution in [0.15, 0.2) is 46.4 Å². The third-order valence-electron chi connectivity index (χ3n) is 4.16. The third-order valence-corrected chi connectivity index (χ3v) is 4.16. The molecule has 2 aromatic heterocycles. The van der Waals surface area contributed by atoms with Gasteiger partial charge in [0, 0.05) is 43.5 Å². The number of nitrogens with zero attached hydrogens (tertiary/aromatic N) is 7. The topological polar surface area (TPSA) is 70.5 Å². The van der Waals surface area contributed by atoms with Crippen LogP contribution >= 0.6 is 0 Å². The van der Waals surface area contributed by atoms with Crippen molar-refractivity contribution >= 4 is 12.4 Å². The highest BCUT2D eigenvalue weighted by atomic mass is 15.6. The van der Waals surface area contributed by atoms with Gasteiger partial charge in [-0.2, -0.15) is 0 Å². The third kappa shape index (κ3) is 6.06. The standard InChI is InChI=1S/C14H21N3.C5H10N4/c1-4-6-12(7-5-2)14-11(3)17-9-8-15-10-13(17)16-14;1-5(2)9(4)8-7-6-3/h8-10,12H,4-7H2,1-3H3;1,3H2,2,4H3/b;8-7-. The summed E-state index contributed by atoms with van der Waals surface area (Å²) >= 11 is 0. The van der Waals surface area contributed by atoms with Crippen LogP contribution in [0.3, 0.4) is 0 Å². The van der Waals surface area contributed by atoms with Gasteiger partial charge in [-0.25, -0.2) is 4.98 Å². The van der Waals surface area contributed by atoms with Gasteiger partial charge < -0.3 is 4.40 Å². The van der Waals surface area contributed by atoms with E-state index in [-0.39, 0.29) is 0 Å².